The lowest BCUT2D eigenvalue weighted by molar-refractivity contribution is 0.424. The second kappa shape index (κ2) is 17.0. The molecule has 4 aromatic carbocycles. The number of benzene rings is 4. The summed E-state index contributed by atoms with van der Waals surface area (Å²) in [6.07, 6.45) is 0. The highest BCUT2D eigenvalue weighted by molar-refractivity contribution is 7.80. The molecule has 234 valence electrons. The normalized spacial score (nSPS) is 10.3. The summed E-state index contributed by atoms with van der Waals surface area (Å²) in [7, 11) is -1.73. The van der Waals surface area contributed by atoms with Crippen molar-refractivity contribution in [3.63, 3.8) is 0 Å². The van der Waals surface area contributed by atoms with Crippen LogP contribution in [0.3, 0.4) is 0 Å². The van der Waals surface area contributed by atoms with Crippen molar-refractivity contribution >= 4 is 135 Å². The third-order valence-corrected chi connectivity index (χ3v) is 8.17. The summed E-state index contributed by atoms with van der Waals surface area (Å²) in [5.74, 6) is 0.559. The zero-order valence-corrected chi connectivity index (χ0v) is 28.8. The summed E-state index contributed by atoms with van der Waals surface area (Å²) < 4.78 is 5.68. The number of hydrogen-bond donors (Lipinski definition) is 6. The van der Waals surface area contributed by atoms with Crippen LogP contribution in [-0.4, -0.2) is 51.7 Å². The van der Waals surface area contributed by atoms with Gasteiger partial charge in [-0.05, 0) is 85.5 Å². The van der Waals surface area contributed by atoms with Crippen LogP contribution in [0.1, 0.15) is 5.56 Å². The summed E-state index contributed by atoms with van der Waals surface area (Å²) in [6.45, 7) is 1.85. The lowest BCUT2D eigenvalue weighted by atomic mass is 9.80. The van der Waals surface area contributed by atoms with Gasteiger partial charge in [0.1, 0.15) is 5.75 Å². The zero-order chi connectivity index (χ0) is 33.4. The molecule has 0 unspecified atom stereocenters. The number of nitrogens with one attached hydrogen (secondary N) is 2. The minimum atomic E-state index is -1.73. The van der Waals surface area contributed by atoms with Gasteiger partial charge >= 0.3 is 14.2 Å². The topological polar surface area (TPSA) is 117 Å². The Hall–Kier alpha value is -2.32. The highest BCUT2D eigenvalue weighted by Gasteiger charge is 2.22. The molecule has 8 nitrogen and oxygen atoms in total. The number of anilines is 3. The second-order valence-corrected chi connectivity index (χ2v) is 12.0. The maximum atomic E-state index is 9.37. The Morgan fingerprint density at radius 1 is 0.733 bits per heavy atom. The van der Waals surface area contributed by atoms with E-state index in [9.17, 15) is 20.1 Å². The molecule has 0 fully saturated rings. The second-order valence-electron chi connectivity index (χ2n) is 9.18. The van der Waals surface area contributed by atoms with Crippen molar-refractivity contribution in [3.8, 4) is 5.75 Å². The molecule has 0 heterocycles. The van der Waals surface area contributed by atoms with Gasteiger partial charge < -0.3 is 40.4 Å². The maximum Gasteiger partial charge on any atom is 0.490 e. The van der Waals surface area contributed by atoms with Crippen molar-refractivity contribution in [2.24, 2.45) is 0 Å². The molecule has 17 heteroatoms. The Labute approximate surface area is 296 Å². The summed E-state index contributed by atoms with van der Waals surface area (Å²) in [5.41, 5.74) is 2.70. The van der Waals surface area contributed by atoms with Crippen molar-refractivity contribution in [1.29, 1.82) is 0 Å². The molecule has 0 aliphatic carbocycles. The molecule has 45 heavy (non-hydrogen) atoms. The van der Waals surface area contributed by atoms with Crippen molar-refractivity contribution in [3.05, 3.63) is 103 Å². The molecule has 0 atom stereocenters. The van der Waals surface area contributed by atoms with E-state index in [1.54, 1.807) is 49.5 Å². The van der Waals surface area contributed by atoms with Crippen molar-refractivity contribution in [2.75, 3.05) is 22.6 Å². The van der Waals surface area contributed by atoms with Gasteiger partial charge in [0.05, 0.1) is 32.1 Å². The van der Waals surface area contributed by atoms with E-state index in [0.29, 0.717) is 37.9 Å². The van der Waals surface area contributed by atoms with Crippen LogP contribution in [0.5, 0.6) is 5.75 Å². The van der Waals surface area contributed by atoms with Crippen molar-refractivity contribution < 1.29 is 24.8 Å². The highest BCUT2D eigenvalue weighted by Crippen LogP contribution is 2.29. The monoisotopic (exact) mass is 743 g/mol. The Balaban J connectivity index is 0.000000248. The first kappa shape index (κ1) is 37.1. The molecule has 0 aromatic heterocycles. The first-order chi connectivity index (χ1) is 21.2. The number of halogens is 5. The summed E-state index contributed by atoms with van der Waals surface area (Å²) in [4.78, 5) is 1.51. The van der Waals surface area contributed by atoms with Crippen LogP contribution in [0.15, 0.2) is 72.8 Å². The number of hydrogen-bond acceptors (Lipinski definition) is 7. The number of para-hydroxylation sites is 1. The van der Waals surface area contributed by atoms with Crippen LogP contribution < -0.4 is 31.2 Å². The van der Waals surface area contributed by atoms with Gasteiger partial charge in [0.15, 0.2) is 5.11 Å². The van der Waals surface area contributed by atoms with Crippen molar-refractivity contribution in [1.82, 2.24) is 0 Å². The van der Waals surface area contributed by atoms with Gasteiger partial charge in [-0.2, -0.15) is 0 Å². The molecular weight excluding hydrogens is 721 g/mol. The molecule has 0 bridgehead atoms. The highest BCUT2D eigenvalue weighted by atomic mass is 35.5. The minimum Gasteiger partial charge on any atom is -0.431 e. The fraction of sp³-hybridized carbons (Fsp3) is 0.0714. The largest absolute Gasteiger partial charge is 0.490 e. The zero-order valence-electron chi connectivity index (χ0n) is 23.4. The third-order valence-electron chi connectivity index (χ3n) is 5.99. The molecule has 0 spiro atoms. The van der Waals surface area contributed by atoms with Gasteiger partial charge in [-0.1, -0.05) is 82.3 Å². The van der Waals surface area contributed by atoms with Gasteiger partial charge in [-0.3, -0.25) is 0 Å². The van der Waals surface area contributed by atoms with E-state index in [1.807, 2.05) is 19.1 Å². The molecule has 6 N–H and O–H groups in total. The van der Waals surface area contributed by atoms with Gasteiger partial charge in [0.25, 0.3) is 5.17 Å². The fourth-order valence-electron chi connectivity index (χ4n) is 3.68. The lowest BCUT2D eigenvalue weighted by Gasteiger charge is -2.22. The van der Waals surface area contributed by atoms with E-state index >= 15 is 0 Å². The van der Waals surface area contributed by atoms with E-state index in [1.165, 1.54) is 23.1 Å². The minimum absolute atomic E-state index is 0.119. The van der Waals surface area contributed by atoms with Crippen LogP contribution in [0.2, 0.25) is 25.1 Å². The number of rotatable bonds is 6. The average Bonchev–Trinajstić information content (AvgIpc) is 2.96. The number of thiocarbonyl (C=S) groups is 2. The van der Waals surface area contributed by atoms with Crippen LogP contribution in [0.4, 0.5) is 17.1 Å². The molecule has 0 aliphatic heterocycles. The van der Waals surface area contributed by atoms with Crippen LogP contribution in [0.25, 0.3) is 0 Å². The smallest absolute Gasteiger partial charge is 0.431 e. The van der Waals surface area contributed by atoms with E-state index in [2.05, 4.69) is 10.6 Å². The van der Waals surface area contributed by atoms with E-state index < -0.39 is 14.2 Å². The Bertz CT molecular complexity index is 1700. The number of nitrogens with zero attached hydrogens (tertiary/aromatic N) is 1. The number of ether oxygens (including phenoxy) is 1. The van der Waals surface area contributed by atoms with Gasteiger partial charge in [0, 0.05) is 28.0 Å². The standard InChI is InChI=1S/C15H13BCl3NO3S.C13H11BCl2N2O2S/c1-8-5-9(17)3-4-14(8)23-15(24)20(2)13-6-10(16(21)22)11(18)7-12(13)19;15-9-5-1-2-6-10(9)17-13(21)18-11-7-3-4-8(12(11)16)14(19)20/h3-7,21-22H,1-2H3;1-7,19-20H,(H2,17,18,21). The summed E-state index contributed by atoms with van der Waals surface area (Å²) >= 11 is 40.6. The van der Waals surface area contributed by atoms with Gasteiger partial charge in [-0.15, -0.1) is 0 Å². The first-order valence-electron chi connectivity index (χ1n) is 12.7. The Kier molecular flexibility index (Phi) is 14.0. The Morgan fingerprint density at radius 2 is 1.36 bits per heavy atom. The van der Waals surface area contributed by atoms with Crippen LogP contribution >= 0.6 is 82.4 Å². The van der Waals surface area contributed by atoms with Gasteiger partial charge in [0.2, 0.25) is 0 Å². The Morgan fingerprint density at radius 3 is 1.98 bits per heavy atom. The molecule has 0 aliphatic rings. The lowest BCUT2D eigenvalue weighted by Crippen LogP contribution is -2.34. The number of aryl methyl sites for hydroxylation is 1. The van der Waals surface area contributed by atoms with E-state index in [4.69, 9.17) is 87.2 Å². The maximum absolute atomic E-state index is 9.37. The predicted molar refractivity (Wildman–Crippen MR) is 197 cm³/mol. The first-order valence-corrected chi connectivity index (χ1v) is 15.4. The molecular formula is C28H24B2Cl5N3O5S2. The molecule has 0 amide bonds. The summed E-state index contributed by atoms with van der Waals surface area (Å²) in [6, 6.07) is 20.0. The van der Waals surface area contributed by atoms with Gasteiger partial charge in [-0.25, -0.2) is 0 Å². The third kappa shape index (κ3) is 10.3. The van der Waals surface area contributed by atoms with Crippen molar-refractivity contribution in [2.45, 2.75) is 6.92 Å². The molecule has 0 radical (unpaired) electrons. The molecule has 4 aromatic rings. The predicted octanol–water partition coefficient (Wildman–Crippen LogP) is 5.92. The summed E-state index contributed by atoms with van der Waals surface area (Å²) in [5, 5.41) is 45.2. The molecule has 4 rings (SSSR count). The van der Waals surface area contributed by atoms with Crippen LogP contribution in [-0.2, 0) is 0 Å². The van der Waals surface area contributed by atoms with E-state index in [-0.39, 0.29) is 31.3 Å². The molecule has 0 saturated carbocycles. The fourth-order valence-corrected chi connectivity index (χ4v) is 5.38. The van der Waals surface area contributed by atoms with Crippen LogP contribution in [0, 0.1) is 6.92 Å². The quantitative estimate of drug-likeness (QED) is 0.105. The molecule has 0 saturated heterocycles. The average molecular weight is 746 g/mol. The SMILES string of the molecule is Cc1cc(Cl)ccc1OC(=S)N(C)c1cc(B(O)O)c(Cl)cc1Cl.OB(O)c1cccc(NC(=S)Nc2ccccc2Cl)c1Cl. The van der Waals surface area contributed by atoms with E-state index in [0.717, 1.165) is 5.56 Å².